The van der Waals surface area contributed by atoms with Crippen molar-refractivity contribution in [3.05, 3.63) is 0 Å². The van der Waals surface area contributed by atoms with Crippen LogP contribution in [0.5, 0.6) is 0 Å². The Morgan fingerprint density at radius 1 is 1.38 bits per heavy atom. The molecule has 1 N–H and O–H groups in total. The Labute approximate surface area is 96.7 Å². The van der Waals surface area contributed by atoms with E-state index in [2.05, 4.69) is 5.32 Å². The third-order valence-electron chi connectivity index (χ3n) is 3.52. The van der Waals surface area contributed by atoms with Gasteiger partial charge in [0.25, 0.3) is 0 Å². The molecule has 2 fully saturated rings. The molecule has 16 heavy (non-hydrogen) atoms. The van der Waals surface area contributed by atoms with Gasteiger partial charge in [-0.05, 0) is 44.1 Å². The predicted molar refractivity (Wildman–Crippen MR) is 60.1 cm³/mol. The molecule has 2 aliphatic rings. The van der Waals surface area contributed by atoms with Gasteiger partial charge in [-0.25, -0.2) is 0 Å². The summed E-state index contributed by atoms with van der Waals surface area (Å²) in [5.41, 5.74) is 0. The summed E-state index contributed by atoms with van der Waals surface area (Å²) >= 11 is 0. The Morgan fingerprint density at radius 2 is 2.06 bits per heavy atom. The van der Waals surface area contributed by atoms with Crippen molar-refractivity contribution in [2.45, 2.75) is 31.7 Å². The highest BCUT2D eigenvalue weighted by Crippen LogP contribution is 2.28. The van der Waals surface area contributed by atoms with Crippen LogP contribution in [-0.4, -0.2) is 38.9 Å². The zero-order chi connectivity index (χ0) is 11.4. The Hall–Kier alpha value is -0.610. The van der Waals surface area contributed by atoms with E-state index in [0.29, 0.717) is 5.92 Å². The normalized spacial score (nSPS) is 24.1. The zero-order valence-corrected chi connectivity index (χ0v) is 9.91. The van der Waals surface area contributed by atoms with Crippen LogP contribution in [0.25, 0.3) is 0 Å². The number of methoxy groups -OCH3 is 1. The number of hydrogen-bond donors (Lipinski definition) is 1. The number of nitrogens with one attached hydrogen (secondary N) is 1. The third kappa shape index (κ3) is 3.19. The number of ether oxygens (including phenoxy) is 2. The summed E-state index contributed by atoms with van der Waals surface area (Å²) < 4.78 is 10.2. The maximum Gasteiger partial charge on any atom is 0.323 e. The minimum Gasteiger partial charge on any atom is -0.468 e. The van der Waals surface area contributed by atoms with E-state index in [-0.39, 0.29) is 12.0 Å². The largest absolute Gasteiger partial charge is 0.468 e. The first-order valence-electron chi connectivity index (χ1n) is 6.20. The molecule has 92 valence electrons. The van der Waals surface area contributed by atoms with Gasteiger partial charge in [0.2, 0.25) is 0 Å². The molecule has 0 spiro atoms. The summed E-state index contributed by atoms with van der Waals surface area (Å²) in [6, 6.07) is -0.130. The molecule has 1 unspecified atom stereocenters. The fourth-order valence-electron chi connectivity index (χ4n) is 2.23. The first-order chi connectivity index (χ1) is 7.81. The smallest absolute Gasteiger partial charge is 0.323 e. The Bertz CT molecular complexity index is 234. The molecule has 1 saturated heterocycles. The molecule has 2 rings (SSSR count). The zero-order valence-electron chi connectivity index (χ0n) is 9.91. The molecule has 0 radical (unpaired) electrons. The van der Waals surface area contributed by atoms with Crippen LogP contribution in [0.15, 0.2) is 0 Å². The maximum atomic E-state index is 11.7. The molecule has 1 aliphatic carbocycles. The van der Waals surface area contributed by atoms with E-state index in [4.69, 9.17) is 9.47 Å². The average molecular weight is 227 g/mol. The summed E-state index contributed by atoms with van der Waals surface area (Å²) in [4.78, 5) is 11.7. The Morgan fingerprint density at radius 3 is 2.62 bits per heavy atom. The monoisotopic (exact) mass is 227 g/mol. The predicted octanol–water partition coefficient (Wildman–Crippen LogP) is 0.954. The van der Waals surface area contributed by atoms with E-state index in [0.717, 1.165) is 38.5 Å². The molecule has 1 atom stereocenters. The first kappa shape index (κ1) is 11.9. The maximum absolute atomic E-state index is 11.7. The van der Waals surface area contributed by atoms with Gasteiger partial charge in [0.05, 0.1) is 7.11 Å². The van der Waals surface area contributed by atoms with Crippen LogP contribution < -0.4 is 5.32 Å². The van der Waals surface area contributed by atoms with Crippen LogP contribution in [-0.2, 0) is 14.3 Å². The van der Waals surface area contributed by atoms with Gasteiger partial charge in [-0.2, -0.15) is 0 Å². The minimum atomic E-state index is -0.130. The van der Waals surface area contributed by atoms with Crippen molar-refractivity contribution < 1.29 is 14.3 Å². The van der Waals surface area contributed by atoms with Crippen molar-refractivity contribution in [1.29, 1.82) is 0 Å². The van der Waals surface area contributed by atoms with Gasteiger partial charge in [0, 0.05) is 13.2 Å². The van der Waals surface area contributed by atoms with E-state index in [1.54, 1.807) is 0 Å². The molecule has 4 heteroatoms. The average Bonchev–Trinajstić information content (AvgIpc) is 3.14. The highest BCUT2D eigenvalue weighted by molar-refractivity contribution is 5.76. The summed E-state index contributed by atoms with van der Waals surface area (Å²) in [5.74, 6) is 1.04. The van der Waals surface area contributed by atoms with Crippen molar-refractivity contribution in [2.75, 3.05) is 26.9 Å². The van der Waals surface area contributed by atoms with Crippen molar-refractivity contribution >= 4 is 5.97 Å². The van der Waals surface area contributed by atoms with Crippen LogP contribution in [0.3, 0.4) is 0 Å². The van der Waals surface area contributed by atoms with Gasteiger partial charge in [-0.3, -0.25) is 4.79 Å². The fourth-order valence-corrected chi connectivity index (χ4v) is 2.23. The number of carbonyl (C=O) groups is 1. The Balaban J connectivity index is 1.85. The SMILES string of the molecule is COC(=O)C(NCC1CC1)C1CCOCC1. The number of carbonyl (C=O) groups excluding carboxylic acids is 1. The molecule has 0 aromatic carbocycles. The lowest BCUT2D eigenvalue weighted by molar-refractivity contribution is -0.145. The van der Waals surface area contributed by atoms with Gasteiger partial charge in [-0.1, -0.05) is 0 Å². The third-order valence-corrected chi connectivity index (χ3v) is 3.52. The van der Waals surface area contributed by atoms with Gasteiger partial charge in [-0.15, -0.1) is 0 Å². The Kier molecular flexibility index (Phi) is 4.18. The van der Waals surface area contributed by atoms with Gasteiger partial charge in [0.1, 0.15) is 6.04 Å². The number of esters is 1. The van der Waals surface area contributed by atoms with E-state index >= 15 is 0 Å². The highest BCUT2D eigenvalue weighted by atomic mass is 16.5. The standard InChI is InChI=1S/C12H21NO3/c1-15-12(14)11(13-8-9-2-3-9)10-4-6-16-7-5-10/h9-11,13H,2-8H2,1H3. The molecule has 0 bridgehead atoms. The lowest BCUT2D eigenvalue weighted by Crippen LogP contribution is -2.46. The van der Waals surface area contributed by atoms with Crippen LogP contribution in [0.2, 0.25) is 0 Å². The van der Waals surface area contributed by atoms with Crippen molar-refractivity contribution in [3.8, 4) is 0 Å². The summed E-state index contributed by atoms with van der Waals surface area (Å²) in [6.07, 6.45) is 4.51. The van der Waals surface area contributed by atoms with E-state index in [1.165, 1.54) is 20.0 Å². The molecule has 1 saturated carbocycles. The summed E-state index contributed by atoms with van der Waals surface area (Å²) in [7, 11) is 1.47. The second kappa shape index (κ2) is 5.64. The molecule has 0 amide bonds. The van der Waals surface area contributed by atoms with E-state index < -0.39 is 0 Å². The molecule has 1 heterocycles. The van der Waals surface area contributed by atoms with Gasteiger partial charge in [0.15, 0.2) is 0 Å². The summed E-state index contributed by atoms with van der Waals surface area (Å²) in [6.45, 7) is 2.49. The lowest BCUT2D eigenvalue weighted by Gasteiger charge is -2.29. The van der Waals surface area contributed by atoms with Gasteiger partial charge >= 0.3 is 5.97 Å². The quantitative estimate of drug-likeness (QED) is 0.711. The van der Waals surface area contributed by atoms with Crippen molar-refractivity contribution in [1.82, 2.24) is 5.32 Å². The minimum absolute atomic E-state index is 0.118. The highest BCUT2D eigenvalue weighted by Gasteiger charge is 2.32. The molecule has 0 aromatic rings. The number of hydrogen-bond acceptors (Lipinski definition) is 4. The van der Waals surface area contributed by atoms with Crippen molar-refractivity contribution in [2.24, 2.45) is 11.8 Å². The van der Waals surface area contributed by atoms with E-state index in [1.807, 2.05) is 0 Å². The van der Waals surface area contributed by atoms with Crippen LogP contribution in [0.1, 0.15) is 25.7 Å². The number of rotatable bonds is 5. The topological polar surface area (TPSA) is 47.6 Å². The van der Waals surface area contributed by atoms with E-state index in [9.17, 15) is 4.79 Å². The molecular weight excluding hydrogens is 206 g/mol. The second-order valence-corrected chi connectivity index (χ2v) is 4.80. The fraction of sp³-hybridized carbons (Fsp3) is 0.917. The molecule has 4 nitrogen and oxygen atoms in total. The van der Waals surface area contributed by atoms with Crippen LogP contribution in [0.4, 0.5) is 0 Å². The van der Waals surface area contributed by atoms with Gasteiger partial charge < -0.3 is 14.8 Å². The van der Waals surface area contributed by atoms with Crippen LogP contribution >= 0.6 is 0 Å². The molecule has 0 aromatic heterocycles. The molecule has 1 aliphatic heterocycles. The second-order valence-electron chi connectivity index (χ2n) is 4.80. The molecular formula is C12H21NO3. The lowest BCUT2D eigenvalue weighted by atomic mass is 9.91. The van der Waals surface area contributed by atoms with Crippen LogP contribution in [0, 0.1) is 11.8 Å². The summed E-state index contributed by atoms with van der Waals surface area (Å²) in [5, 5.41) is 3.37. The van der Waals surface area contributed by atoms with Crippen molar-refractivity contribution in [3.63, 3.8) is 0 Å². The first-order valence-corrected chi connectivity index (χ1v) is 6.20.